The van der Waals surface area contributed by atoms with Gasteiger partial charge < -0.3 is 9.64 Å². The van der Waals surface area contributed by atoms with Crippen LogP contribution in [0, 0.1) is 0 Å². The second-order valence-corrected chi connectivity index (χ2v) is 9.60. The Hall–Kier alpha value is -1.65. The summed E-state index contributed by atoms with van der Waals surface area (Å²) in [6.45, 7) is 10.7. The average molecular weight is 457 g/mol. The first-order chi connectivity index (χ1) is 16.2. The average Bonchev–Trinajstić information content (AvgIpc) is 2.83. The largest absolute Gasteiger partial charge is 0.379 e. The van der Waals surface area contributed by atoms with Crippen molar-refractivity contribution in [3.05, 3.63) is 41.5 Å². The number of amides is 1. The maximum Gasteiger partial charge on any atom is 0.222 e. The van der Waals surface area contributed by atoms with E-state index in [0.717, 1.165) is 58.8 Å². The van der Waals surface area contributed by atoms with E-state index >= 15 is 0 Å². The molecule has 0 atom stereocenters. The molecule has 1 saturated heterocycles. The molecule has 0 bridgehead atoms. The third kappa shape index (κ3) is 13.0. The lowest BCUT2D eigenvalue weighted by Gasteiger charge is -2.28. The van der Waals surface area contributed by atoms with Gasteiger partial charge in [-0.2, -0.15) is 0 Å². The quantitative estimate of drug-likeness (QED) is 0.249. The SMILES string of the molecule is CCCCCCCCCCCC(=O)N(CCCN1CCOCC1)CC(C)=Cc1ccccc1. The molecule has 4 nitrogen and oxygen atoms in total. The molecule has 0 unspecified atom stereocenters. The maximum atomic E-state index is 13.1. The summed E-state index contributed by atoms with van der Waals surface area (Å²) in [5, 5.41) is 0. The number of nitrogens with zero attached hydrogens (tertiary/aromatic N) is 2. The van der Waals surface area contributed by atoms with E-state index in [1.54, 1.807) is 0 Å². The Morgan fingerprint density at radius 3 is 2.24 bits per heavy atom. The molecule has 33 heavy (non-hydrogen) atoms. The first-order valence-corrected chi connectivity index (χ1v) is 13.5. The number of benzene rings is 1. The van der Waals surface area contributed by atoms with E-state index in [0.29, 0.717) is 12.3 Å². The Morgan fingerprint density at radius 1 is 0.939 bits per heavy atom. The molecule has 0 aromatic heterocycles. The lowest BCUT2D eigenvalue weighted by molar-refractivity contribution is -0.131. The second-order valence-electron chi connectivity index (χ2n) is 9.60. The molecule has 1 fully saturated rings. The molecule has 1 heterocycles. The number of hydrogen-bond acceptors (Lipinski definition) is 3. The topological polar surface area (TPSA) is 32.8 Å². The number of carbonyl (C=O) groups is 1. The molecule has 0 saturated carbocycles. The van der Waals surface area contributed by atoms with Gasteiger partial charge in [0.25, 0.3) is 0 Å². The van der Waals surface area contributed by atoms with Crippen molar-refractivity contribution in [2.24, 2.45) is 0 Å². The second kappa shape index (κ2) is 17.8. The van der Waals surface area contributed by atoms with Crippen molar-refractivity contribution in [2.45, 2.75) is 84.5 Å². The van der Waals surface area contributed by atoms with Crippen LogP contribution in [0.2, 0.25) is 0 Å². The van der Waals surface area contributed by atoms with E-state index < -0.39 is 0 Å². The predicted octanol–water partition coefficient (Wildman–Crippen LogP) is 6.56. The van der Waals surface area contributed by atoms with Crippen LogP contribution in [0.5, 0.6) is 0 Å². The van der Waals surface area contributed by atoms with Crippen LogP contribution in [-0.2, 0) is 9.53 Å². The van der Waals surface area contributed by atoms with E-state index in [2.05, 4.69) is 54.0 Å². The third-order valence-electron chi connectivity index (χ3n) is 6.51. The van der Waals surface area contributed by atoms with E-state index in [4.69, 9.17) is 4.74 Å². The zero-order valence-electron chi connectivity index (χ0n) is 21.4. The summed E-state index contributed by atoms with van der Waals surface area (Å²) in [5.41, 5.74) is 2.45. The summed E-state index contributed by atoms with van der Waals surface area (Å²) < 4.78 is 5.46. The molecule has 1 aromatic carbocycles. The monoisotopic (exact) mass is 456 g/mol. The molecule has 186 valence electrons. The molecule has 1 aliphatic rings. The van der Waals surface area contributed by atoms with Gasteiger partial charge in [0.1, 0.15) is 0 Å². The molecule has 2 rings (SSSR count). The predicted molar refractivity (Wildman–Crippen MR) is 140 cm³/mol. The summed E-state index contributed by atoms with van der Waals surface area (Å²) >= 11 is 0. The van der Waals surface area contributed by atoms with E-state index in [1.807, 2.05) is 6.07 Å². The maximum absolute atomic E-state index is 13.1. The van der Waals surface area contributed by atoms with Gasteiger partial charge in [0.2, 0.25) is 5.91 Å². The fraction of sp³-hybridized carbons (Fsp3) is 0.690. The van der Waals surface area contributed by atoms with Crippen molar-refractivity contribution in [1.29, 1.82) is 0 Å². The van der Waals surface area contributed by atoms with E-state index in [1.165, 1.54) is 62.5 Å². The van der Waals surface area contributed by atoms with Crippen molar-refractivity contribution in [3.63, 3.8) is 0 Å². The summed E-state index contributed by atoms with van der Waals surface area (Å²) in [6, 6.07) is 10.4. The van der Waals surface area contributed by atoms with Gasteiger partial charge >= 0.3 is 0 Å². The molecular weight excluding hydrogens is 408 g/mol. The highest BCUT2D eigenvalue weighted by molar-refractivity contribution is 5.76. The van der Waals surface area contributed by atoms with Crippen LogP contribution >= 0.6 is 0 Å². The fourth-order valence-corrected chi connectivity index (χ4v) is 4.53. The van der Waals surface area contributed by atoms with Crippen LogP contribution in [0.15, 0.2) is 35.9 Å². The standard InChI is InChI=1S/C29H48N2O2/c1-3-4-5-6-7-8-9-10-14-18-29(32)31(20-15-19-30-21-23-33-24-22-30)26-27(2)25-28-16-12-11-13-17-28/h11-13,16-17,25H,3-10,14-15,18-24,26H2,1-2H3. The van der Waals surface area contributed by atoms with Crippen LogP contribution in [-0.4, -0.2) is 61.6 Å². The van der Waals surface area contributed by atoms with Crippen molar-refractivity contribution >= 4 is 12.0 Å². The molecule has 0 radical (unpaired) electrons. The Bertz CT molecular complexity index is 653. The molecule has 0 spiro atoms. The Labute approximate surface area is 203 Å². The van der Waals surface area contributed by atoms with Crippen molar-refractivity contribution in [1.82, 2.24) is 9.80 Å². The van der Waals surface area contributed by atoms with Crippen molar-refractivity contribution in [2.75, 3.05) is 45.9 Å². The van der Waals surface area contributed by atoms with Gasteiger partial charge in [-0.15, -0.1) is 0 Å². The van der Waals surface area contributed by atoms with E-state index in [9.17, 15) is 4.79 Å². The zero-order valence-corrected chi connectivity index (χ0v) is 21.4. The number of ether oxygens (including phenoxy) is 1. The van der Waals surface area contributed by atoms with Crippen LogP contribution in [0.25, 0.3) is 6.08 Å². The summed E-state index contributed by atoms with van der Waals surface area (Å²) in [5.74, 6) is 0.320. The van der Waals surface area contributed by atoms with Gasteiger partial charge in [0, 0.05) is 39.1 Å². The number of carbonyl (C=O) groups excluding carboxylic acids is 1. The van der Waals surface area contributed by atoms with Crippen molar-refractivity contribution < 1.29 is 9.53 Å². The lowest BCUT2D eigenvalue weighted by atomic mass is 10.1. The number of rotatable bonds is 17. The Morgan fingerprint density at radius 2 is 1.58 bits per heavy atom. The lowest BCUT2D eigenvalue weighted by Crippen LogP contribution is -2.39. The number of morpholine rings is 1. The van der Waals surface area contributed by atoms with Gasteiger partial charge in [-0.05, 0) is 25.3 Å². The van der Waals surface area contributed by atoms with Crippen LogP contribution in [0.4, 0.5) is 0 Å². The first-order valence-electron chi connectivity index (χ1n) is 13.5. The third-order valence-corrected chi connectivity index (χ3v) is 6.51. The smallest absolute Gasteiger partial charge is 0.222 e. The molecule has 0 N–H and O–H groups in total. The van der Waals surface area contributed by atoms with E-state index in [-0.39, 0.29) is 0 Å². The highest BCUT2D eigenvalue weighted by Crippen LogP contribution is 2.13. The Balaban J connectivity index is 1.76. The molecule has 1 aliphatic heterocycles. The molecule has 1 aromatic rings. The minimum Gasteiger partial charge on any atom is -0.379 e. The highest BCUT2D eigenvalue weighted by Gasteiger charge is 2.15. The molecular formula is C29H48N2O2. The zero-order chi connectivity index (χ0) is 23.6. The summed E-state index contributed by atoms with van der Waals surface area (Å²) in [6.07, 6.45) is 15.5. The molecule has 0 aliphatic carbocycles. The van der Waals surface area contributed by atoms with Gasteiger partial charge in [0.05, 0.1) is 13.2 Å². The molecule has 4 heteroatoms. The number of hydrogen-bond donors (Lipinski definition) is 0. The fourth-order valence-electron chi connectivity index (χ4n) is 4.53. The minimum absolute atomic E-state index is 0.320. The normalized spacial score (nSPS) is 15.0. The molecule has 1 amide bonds. The van der Waals surface area contributed by atoms with Crippen LogP contribution in [0.1, 0.15) is 90.0 Å². The minimum atomic E-state index is 0.320. The van der Waals surface area contributed by atoms with Crippen LogP contribution in [0.3, 0.4) is 0 Å². The number of unbranched alkanes of at least 4 members (excludes halogenated alkanes) is 8. The highest BCUT2D eigenvalue weighted by atomic mass is 16.5. The van der Waals surface area contributed by atoms with Crippen molar-refractivity contribution in [3.8, 4) is 0 Å². The summed E-state index contributed by atoms with van der Waals surface area (Å²) in [7, 11) is 0. The summed E-state index contributed by atoms with van der Waals surface area (Å²) in [4.78, 5) is 17.6. The first kappa shape index (κ1) is 27.6. The van der Waals surface area contributed by atoms with Gasteiger partial charge in [-0.25, -0.2) is 0 Å². The Kier molecular flexibility index (Phi) is 14.9. The van der Waals surface area contributed by atoms with Gasteiger partial charge in [-0.3, -0.25) is 9.69 Å². The van der Waals surface area contributed by atoms with Gasteiger partial charge in [0.15, 0.2) is 0 Å². The van der Waals surface area contributed by atoms with Gasteiger partial charge in [-0.1, -0.05) is 100 Å². The van der Waals surface area contributed by atoms with Crippen LogP contribution < -0.4 is 0 Å².